The van der Waals surface area contributed by atoms with Gasteiger partial charge in [-0.15, -0.1) is 0 Å². The molecule has 0 saturated carbocycles. The van der Waals surface area contributed by atoms with E-state index in [0.717, 1.165) is 49.1 Å². The minimum Gasteiger partial charge on any atom is -0.496 e. The molecule has 5 nitrogen and oxygen atoms in total. The number of hydrogen-bond acceptors (Lipinski definition) is 3. The number of aromatic nitrogens is 1. The van der Waals surface area contributed by atoms with Crippen LogP contribution < -0.4 is 10.1 Å². The molecule has 1 saturated heterocycles. The van der Waals surface area contributed by atoms with Gasteiger partial charge >= 0.3 is 0 Å². The van der Waals surface area contributed by atoms with Crippen molar-refractivity contribution in [1.82, 2.24) is 9.88 Å². The number of nitrogens with one attached hydrogen (secondary N) is 1. The normalized spacial score (nSPS) is 17.6. The number of fused-ring (bicyclic) bond motifs is 1. The molecule has 23 heavy (non-hydrogen) atoms. The highest BCUT2D eigenvalue weighted by Gasteiger charge is 2.17. The van der Waals surface area contributed by atoms with Crippen LogP contribution in [0.2, 0.25) is 0 Å². The van der Waals surface area contributed by atoms with Crippen LogP contribution in [0.3, 0.4) is 0 Å². The van der Waals surface area contributed by atoms with Crippen molar-refractivity contribution >= 4 is 16.8 Å². The van der Waals surface area contributed by atoms with Gasteiger partial charge in [-0.3, -0.25) is 4.79 Å². The third kappa shape index (κ3) is 3.34. The van der Waals surface area contributed by atoms with E-state index in [1.54, 1.807) is 7.11 Å². The smallest absolute Gasteiger partial charge is 0.267 e. The Balaban J connectivity index is 1.62. The second-order valence-corrected chi connectivity index (χ2v) is 6.11. The van der Waals surface area contributed by atoms with E-state index in [2.05, 4.69) is 5.32 Å². The van der Waals surface area contributed by atoms with Crippen LogP contribution in [0.5, 0.6) is 5.75 Å². The van der Waals surface area contributed by atoms with Crippen LogP contribution in [-0.2, 0) is 11.8 Å². The van der Waals surface area contributed by atoms with Crippen molar-refractivity contribution in [3.8, 4) is 5.75 Å². The summed E-state index contributed by atoms with van der Waals surface area (Å²) in [5, 5.41) is 3.98. The molecule has 0 spiro atoms. The number of carbonyl (C=O) groups is 1. The standard InChI is InChI=1S/C18H24N2O3/c1-20-15-6-3-7-17(22-2)14(15)11-16(20)18(21)19-9-4-5-13-8-10-23-12-13/h3,6-7,11,13H,4-5,8-10,12H2,1-2H3,(H,19,21)/t13-/m0/s1. The number of methoxy groups -OCH3 is 1. The summed E-state index contributed by atoms with van der Waals surface area (Å²) in [5.41, 5.74) is 1.66. The second kappa shape index (κ2) is 7.04. The van der Waals surface area contributed by atoms with Crippen LogP contribution in [0.15, 0.2) is 24.3 Å². The highest BCUT2D eigenvalue weighted by molar-refractivity contribution is 6.00. The molecule has 0 bridgehead atoms. The lowest BCUT2D eigenvalue weighted by atomic mass is 10.0. The van der Waals surface area contributed by atoms with E-state index in [1.807, 2.05) is 35.9 Å². The van der Waals surface area contributed by atoms with Crippen molar-refractivity contribution in [3.63, 3.8) is 0 Å². The van der Waals surface area contributed by atoms with E-state index in [-0.39, 0.29) is 5.91 Å². The second-order valence-electron chi connectivity index (χ2n) is 6.11. The Hall–Kier alpha value is -2.01. The Kier molecular flexibility index (Phi) is 4.86. The Morgan fingerprint density at radius 1 is 1.48 bits per heavy atom. The zero-order valence-electron chi connectivity index (χ0n) is 13.8. The number of nitrogens with zero attached hydrogens (tertiary/aromatic N) is 1. The lowest BCUT2D eigenvalue weighted by Crippen LogP contribution is -2.26. The molecule has 1 atom stereocenters. The predicted octanol–water partition coefficient (Wildman–Crippen LogP) is 2.73. The molecule has 2 aromatic rings. The van der Waals surface area contributed by atoms with Crippen LogP contribution in [0.25, 0.3) is 10.9 Å². The summed E-state index contributed by atoms with van der Waals surface area (Å²) in [7, 11) is 3.56. The number of amides is 1. The fourth-order valence-corrected chi connectivity index (χ4v) is 3.22. The number of carbonyl (C=O) groups excluding carboxylic acids is 1. The molecule has 1 fully saturated rings. The average molecular weight is 316 g/mol. The Bertz CT molecular complexity index is 687. The minimum atomic E-state index is -0.0339. The largest absolute Gasteiger partial charge is 0.496 e. The van der Waals surface area contributed by atoms with Crippen molar-refractivity contribution < 1.29 is 14.3 Å². The Morgan fingerprint density at radius 3 is 3.09 bits per heavy atom. The van der Waals surface area contributed by atoms with Crippen LogP contribution in [-0.4, -0.2) is 37.3 Å². The third-order valence-corrected chi connectivity index (χ3v) is 4.60. The maximum absolute atomic E-state index is 12.4. The molecule has 1 amide bonds. The molecular formula is C18H24N2O3. The summed E-state index contributed by atoms with van der Waals surface area (Å²) in [6, 6.07) is 7.74. The summed E-state index contributed by atoms with van der Waals surface area (Å²) in [4.78, 5) is 12.4. The van der Waals surface area contributed by atoms with Gasteiger partial charge in [0.1, 0.15) is 11.4 Å². The van der Waals surface area contributed by atoms with Crippen LogP contribution in [0.1, 0.15) is 29.8 Å². The van der Waals surface area contributed by atoms with Gasteiger partial charge < -0.3 is 19.4 Å². The van der Waals surface area contributed by atoms with Crippen molar-refractivity contribution in [2.24, 2.45) is 13.0 Å². The highest BCUT2D eigenvalue weighted by Crippen LogP contribution is 2.28. The van der Waals surface area contributed by atoms with Gasteiger partial charge in [-0.2, -0.15) is 0 Å². The zero-order valence-corrected chi connectivity index (χ0v) is 13.8. The van der Waals surface area contributed by atoms with Crippen molar-refractivity contribution in [2.75, 3.05) is 26.9 Å². The molecule has 1 aliphatic rings. The highest BCUT2D eigenvalue weighted by atomic mass is 16.5. The molecule has 124 valence electrons. The maximum Gasteiger partial charge on any atom is 0.267 e. The Morgan fingerprint density at radius 2 is 2.35 bits per heavy atom. The first-order valence-electron chi connectivity index (χ1n) is 8.19. The van der Waals surface area contributed by atoms with Gasteiger partial charge in [0.25, 0.3) is 5.91 Å². The molecule has 2 heterocycles. The predicted molar refractivity (Wildman–Crippen MR) is 90.0 cm³/mol. The van der Waals surface area contributed by atoms with E-state index in [4.69, 9.17) is 9.47 Å². The fraction of sp³-hybridized carbons (Fsp3) is 0.500. The third-order valence-electron chi connectivity index (χ3n) is 4.60. The van der Waals surface area contributed by atoms with Crippen molar-refractivity contribution in [3.05, 3.63) is 30.0 Å². The van der Waals surface area contributed by atoms with Gasteiger partial charge in [0.2, 0.25) is 0 Å². The first-order valence-corrected chi connectivity index (χ1v) is 8.19. The quantitative estimate of drug-likeness (QED) is 0.834. The zero-order chi connectivity index (χ0) is 16.2. The summed E-state index contributed by atoms with van der Waals surface area (Å²) < 4.78 is 12.7. The van der Waals surface area contributed by atoms with E-state index in [9.17, 15) is 4.79 Å². The number of aryl methyl sites for hydroxylation is 1. The summed E-state index contributed by atoms with van der Waals surface area (Å²) in [6.45, 7) is 2.46. The monoisotopic (exact) mass is 316 g/mol. The van der Waals surface area contributed by atoms with Crippen LogP contribution in [0, 0.1) is 5.92 Å². The van der Waals surface area contributed by atoms with Gasteiger partial charge in [-0.05, 0) is 43.4 Å². The summed E-state index contributed by atoms with van der Waals surface area (Å²) in [6.07, 6.45) is 3.26. The topological polar surface area (TPSA) is 52.5 Å². The van der Waals surface area contributed by atoms with Gasteiger partial charge in [0.15, 0.2) is 0 Å². The molecule has 0 unspecified atom stereocenters. The number of rotatable bonds is 6. The van der Waals surface area contributed by atoms with Crippen molar-refractivity contribution in [1.29, 1.82) is 0 Å². The van der Waals surface area contributed by atoms with E-state index < -0.39 is 0 Å². The summed E-state index contributed by atoms with van der Waals surface area (Å²) in [5.74, 6) is 1.42. The molecule has 0 aliphatic carbocycles. The molecule has 5 heteroatoms. The van der Waals surface area contributed by atoms with Gasteiger partial charge in [-0.25, -0.2) is 0 Å². The number of benzene rings is 1. The van der Waals surface area contributed by atoms with Crippen molar-refractivity contribution in [2.45, 2.75) is 19.3 Å². The maximum atomic E-state index is 12.4. The fourth-order valence-electron chi connectivity index (χ4n) is 3.22. The van der Waals surface area contributed by atoms with Gasteiger partial charge in [-0.1, -0.05) is 6.07 Å². The molecule has 1 aromatic heterocycles. The molecular weight excluding hydrogens is 292 g/mol. The summed E-state index contributed by atoms with van der Waals surface area (Å²) >= 11 is 0. The van der Waals surface area contributed by atoms with Crippen LogP contribution in [0.4, 0.5) is 0 Å². The average Bonchev–Trinajstić information content (AvgIpc) is 3.19. The first-order chi connectivity index (χ1) is 11.2. The lowest BCUT2D eigenvalue weighted by Gasteiger charge is -2.09. The number of ether oxygens (including phenoxy) is 2. The minimum absolute atomic E-state index is 0.0339. The van der Waals surface area contributed by atoms with Crippen LogP contribution >= 0.6 is 0 Å². The number of hydrogen-bond donors (Lipinski definition) is 1. The lowest BCUT2D eigenvalue weighted by molar-refractivity contribution is 0.0944. The van der Waals surface area contributed by atoms with E-state index in [0.29, 0.717) is 18.2 Å². The molecule has 3 rings (SSSR count). The Labute approximate surface area is 136 Å². The van der Waals surface area contributed by atoms with Gasteiger partial charge in [0, 0.05) is 32.2 Å². The molecule has 0 radical (unpaired) electrons. The molecule has 1 aliphatic heterocycles. The molecule has 1 N–H and O–H groups in total. The first kappa shape index (κ1) is 15.9. The molecule has 1 aromatic carbocycles. The van der Waals surface area contributed by atoms with Gasteiger partial charge in [0.05, 0.1) is 12.6 Å². The SMILES string of the molecule is COc1cccc2c1cc(C(=O)NCCC[C@H]1CCOC1)n2C. The van der Waals surface area contributed by atoms with E-state index >= 15 is 0 Å². The van der Waals surface area contributed by atoms with E-state index in [1.165, 1.54) is 0 Å².